The molecule has 132 valence electrons. The van der Waals surface area contributed by atoms with Gasteiger partial charge in [0.15, 0.2) is 0 Å². The molecule has 3 rings (SSSR count). The number of rotatable bonds is 7. The number of nitrogens with one attached hydrogen (secondary N) is 1. The maximum atomic E-state index is 12.1. The molecule has 0 bridgehead atoms. The van der Waals surface area contributed by atoms with E-state index in [9.17, 15) is 4.79 Å². The van der Waals surface area contributed by atoms with E-state index < -0.39 is 0 Å². The normalized spacial score (nSPS) is 29.4. The number of carbonyl (C=O) groups is 1. The molecule has 1 aliphatic heterocycles. The van der Waals surface area contributed by atoms with Crippen molar-refractivity contribution in [2.75, 3.05) is 32.8 Å². The van der Waals surface area contributed by atoms with Crippen LogP contribution < -0.4 is 5.32 Å². The van der Waals surface area contributed by atoms with Gasteiger partial charge in [-0.3, -0.25) is 9.69 Å². The number of nitrogens with zero attached hydrogens (tertiary/aromatic N) is 1. The summed E-state index contributed by atoms with van der Waals surface area (Å²) < 4.78 is 11.7. The molecule has 0 aromatic heterocycles. The fourth-order valence-electron chi connectivity index (χ4n) is 4.22. The third-order valence-corrected chi connectivity index (χ3v) is 5.49. The minimum Gasteiger partial charge on any atom is -0.378 e. The Hall–Kier alpha value is -0.650. The second kappa shape index (κ2) is 9.00. The summed E-state index contributed by atoms with van der Waals surface area (Å²) in [5.74, 6) is 0.148. The monoisotopic (exact) mass is 324 g/mol. The van der Waals surface area contributed by atoms with Crippen molar-refractivity contribution in [2.45, 2.75) is 76.0 Å². The summed E-state index contributed by atoms with van der Waals surface area (Å²) in [6.45, 7) is 3.67. The highest BCUT2D eigenvalue weighted by Crippen LogP contribution is 2.29. The number of morpholine rings is 1. The Morgan fingerprint density at radius 1 is 1.13 bits per heavy atom. The van der Waals surface area contributed by atoms with Crippen LogP contribution >= 0.6 is 0 Å². The average molecular weight is 324 g/mol. The summed E-state index contributed by atoms with van der Waals surface area (Å²) in [6, 6.07) is 0.462. The number of ether oxygens (including phenoxy) is 2. The predicted octanol–water partition coefficient (Wildman–Crippen LogP) is 2.10. The molecule has 1 N–H and O–H groups in total. The van der Waals surface area contributed by atoms with Gasteiger partial charge in [-0.1, -0.05) is 19.3 Å². The van der Waals surface area contributed by atoms with Crippen molar-refractivity contribution >= 4 is 5.91 Å². The van der Waals surface area contributed by atoms with Gasteiger partial charge in [-0.25, -0.2) is 0 Å². The van der Waals surface area contributed by atoms with Gasteiger partial charge in [-0.2, -0.15) is 0 Å². The van der Waals surface area contributed by atoms with Crippen LogP contribution in [0.4, 0.5) is 0 Å². The first-order valence-electron chi connectivity index (χ1n) is 9.57. The SMILES string of the molecule is O=C(CN1CCOC2CCCC21)NCCCOC1CCCCC1. The Kier molecular flexibility index (Phi) is 6.72. The van der Waals surface area contributed by atoms with E-state index in [1.807, 2.05) is 0 Å². The molecule has 0 spiro atoms. The topological polar surface area (TPSA) is 50.8 Å². The Bertz CT molecular complexity index is 371. The number of hydrogen-bond donors (Lipinski definition) is 1. The Morgan fingerprint density at radius 2 is 2.00 bits per heavy atom. The quantitative estimate of drug-likeness (QED) is 0.729. The van der Waals surface area contributed by atoms with E-state index in [1.165, 1.54) is 44.9 Å². The number of fused-ring (bicyclic) bond motifs is 1. The molecule has 5 nitrogen and oxygen atoms in total. The van der Waals surface area contributed by atoms with Gasteiger partial charge >= 0.3 is 0 Å². The summed E-state index contributed by atoms with van der Waals surface area (Å²) >= 11 is 0. The minimum atomic E-state index is 0.148. The first-order chi connectivity index (χ1) is 11.3. The second-order valence-electron chi connectivity index (χ2n) is 7.21. The van der Waals surface area contributed by atoms with Crippen LogP contribution in [0.15, 0.2) is 0 Å². The van der Waals surface area contributed by atoms with E-state index in [1.54, 1.807) is 0 Å². The van der Waals surface area contributed by atoms with Crippen molar-refractivity contribution in [1.29, 1.82) is 0 Å². The van der Waals surface area contributed by atoms with Crippen molar-refractivity contribution < 1.29 is 14.3 Å². The summed E-state index contributed by atoms with van der Waals surface area (Å²) in [5, 5.41) is 3.05. The van der Waals surface area contributed by atoms with Crippen LogP contribution in [-0.2, 0) is 14.3 Å². The van der Waals surface area contributed by atoms with E-state index >= 15 is 0 Å². The number of amides is 1. The molecule has 2 aliphatic carbocycles. The zero-order valence-electron chi connectivity index (χ0n) is 14.3. The molecule has 0 aromatic rings. The van der Waals surface area contributed by atoms with Gasteiger partial charge < -0.3 is 14.8 Å². The summed E-state index contributed by atoms with van der Waals surface area (Å²) in [5.41, 5.74) is 0. The van der Waals surface area contributed by atoms with Gasteiger partial charge in [0.1, 0.15) is 0 Å². The molecule has 1 amide bonds. The standard InChI is InChI=1S/C18H32N2O3/c21-18(14-20-11-13-23-17-9-4-8-16(17)20)19-10-5-12-22-15-6-2-1-3-7-15/h15-17H,1-14H2,(H,19,21). The molecular weight excluding hydrogens is 292 g/mol. The second-order valence-corrected chi connectivity index (χ2v) is 7.21. The maximum absolute atomic E-state index is 12.1. The van der Waals surface area contributed by atoms with Crippen molar-refractivity contribution in [2.24, 2.45) is 0 Å². The molecular formula is C18H32N2O3. The Balaban J connectivity index is 1.26. The van der Waals surface area contributed by atoms with Crippen LogP contribution in [0, 0.1) is 0 Å². The van der Waals surface area contributed by atoms with E-state index in [0.29, 0.717) is 24.8 Å². The van der Waals surface area contributed by atoms with E-state index in [4.69, 9.17) is 9.47 Å². The van der Waals surface area contributed by atoms with Crippen LogP contribution in [0.1, 0.15) is 57.8 Å². The van der Waals surface area contributed by atoms with Crippen molar-refractivity contribution in [3.63, 3.8) is 0 Å². The molecule has 23 heavy (non-hydrogen) atoms. The molecule has 0 aromatic carbocycles. The molecule has 1 saturated heterocycles. The largest absolute Gasteiger partial charge is 0.378 e. The lowest BCUT2D eigenvalue weighted by atomic mass is 9.98. The molecule has 0 radical (unpaired) electrons. The van der Waals surface area contributed by atoms with Crippen LogP contribution in [0.3, 0.4) is 0 Å². The molecule has 3 aliphatic rings. The van der Waals surface area contributed by atoms with Gasteiger partial charge in [0.2, 0.25) is 5.91 Å². The van der Waals surface area contributed by atoms with Crippen molar-refractivity contribution in [1.82, 2.24) is 10.2 Å². The Labute approximate surface area is 140 Å². The zero-order chi connectivity index (χ0) is 15.9. The molecule has 1 heterocycles. The zero-order valence-corrected chi connectivity index (χ0v) is 14.3. The molecule has 3 fully saturated rings. The smallest absolute Gasteiger partial charge is 0.234 e. The van der Waals surface area contributed by atoms with E-state index in [-0.39, 0.29) is 5.91 Å². The van der Waals surface area contributed by atoms with Gasteiger partial charge in [0.25, 0.3) is 0 Å². The number of hydrogen-bond acceptors (Lipinski definition) is 4. The summed E-state index contributed by atoms with van der Waals surface area (Å²) in [4.78, 5) is 14.4. The van der Waals surface area contributed by atoms with Crippen LogP contribution in [-0.4, -0.2) is 61.9 Å². The third-order valence-electron chi connectivity index (χ3n) is 5.49. The average Bonchev–Trinajstić information content (AvgIpc) is 3.05. The molecule has 2 unspecified atom stereocenters. The number of carbonyl (C=O) groups excluding carboxylic acids is 1. The lowest BCUT2D eigenvalue weighted by Gasteiger charge is -2.37. The molecule has 2 saturated carbocycles. The van der Waals surface area contributed by atoms with Gasteiger partial charge in [-0.05, 0) is 38.5 Å². The summed E-state index contributed by atoms with van der Waals surface area (Å²) in [6.07, 6.45) is 11.7. The van der Waals surface area contributed by atoms with Gasteiger partial charge in [-0.15, -0.1) is 0 Å². The lowest BCUT2D eigenvalue weighted by molar-refractivity contribution is -0.126. The summed E-state index contributed by atoms with van der Waals surface area (Å²) in [7, 11) is 0. The van der Waals surface area contributed by atoms with E-state index in [2.05, 4.69) is 10.2 Å². The van der Waals surface area contributed by atoms with Crippen LogP contribution in [0.25, 0.3) is 0 Å². The minimum absolute atomic E-state index is 0.148. The first-order valence-corrected chi connectivity index (χ1v) is 9.57. The lowest BCUT2D eigenvalue weighted by Crippen LogP contribution is -2.51. The predicted molar refractivity (Wildman–Crippen MR) is 89.4 cm³/mol. The fourth-order valence-corrected chi connectivity index (χ4v) is 4.22. The Morgan fingerprint density at radius 3 is 2.87 bits per heavy atom. The van der Waals surface area contributed by atoms with Crippen LogP contribution in [0.2, 0.25) is 0 Å². The van der Waals surface area contributed by atoms with Gasteiger partial charge in [0.05, 0.1) is 25.4 Å². The molecule has 5 heteroatoms. The highest BCUT2D eigenvalue weighted by Gasteiger charge is 2.36. The highest BCUT2D eigenvalue weighted by atomic mass is 16.5. The van der Waals surface area contributed by atoms with Crippen molar-refractivity contribution in [3.8, 4) is 0 Å². The van der Waals surface area contributed by atoms with E-state index in [0.717, 1.165) is 39.1 Å². The maximum Gasteiger partial charge on any atom is 0.234 e. The van der Waals surface area contributed by atoms with Crippen molar-refractivity contribution in [3.05, 3.63) is 0 Å². The molecule has 2 atom stereocenters. The third kappa shape index (κ3) is 5.16. The van der Waals surface area contributed by atoms with Crippen LogP contribution in [0.5, 0.6) is 0 Å². The highest BCUT2D eigenvalue weighted by molar-refractivity contribution is 5.78. The first kappa shape index (κ1) is 17.2. The fraction of sp³-hybridized carbons (Fsp3) is 0.944. The van der Waals surface area contributed by atoms with Gasteiger partial charge in [0, 0.05) is 25.7 Å².